The van der Waals surface area contributed by atoms with Crippen LogP contribution in [0.15, 0.2) is 18.2 Å². The highest BCUT2D eigenvalue weighted by Crippen LogP contribution is 2.03. The SMILES string of the molecule is COCCOCCCOCc1ccc(F)cc1B(O)O. The summed E-state index contributed by atoms with van der Waals surface area (Å²) >= 11 is 0. The Hall–Kier alpha value is -0.985. The molecule has 2 N–H and O–H groups in total. The lowest BCUT2D eigenvalue weighted by Gasteiger charge is -2.10. The summed E-state index contributed by atoms with van der Waals surface area (Å²) < 4.78 is 28.5. The van der Waals surface area contributed by atoms with Gasteiger partial charge in [0.15, 0.2) is 0 Å². The predicted octanol–water partition coefficient (Wildman–Crippen LogP) is 0.0752. The summed E-state index contributed by atoms with van der Waals surface area (Å²) in [4.78, 5) is 0. The van der Waals surface area contributed by atoms with Crippen LogP contribution in [0.25, 0.3) is 0 Å². The van der Waals surface area contributed by atoms with Crippen molar-refractivity contribution in [1.29, 1.82) is 0 Å². The average Bonchev–Trinajstić information content (AvgIpc) is 2.43. The van der Waals surface area contributed by atoms with Crippen molar-refractivity contribution in [1.82, 2.24) is 0 Å². The third-order valence-electron chi connectivity index (χ3n) is 2.65. The highest BCUT2D eigenvalue weighted by atomic mass is 19.1. The Morgan fingerprint density at radius 1 is 1.10 bits per heavy atom. The number of hydrogen-bond acceptors (Lipinski definition) is 5. The molecular weight excluding hydrogens is 266 g/mol. The smallest absolute Gasteiger partial charge is 0.423 e. The molecule has 1 aromatic rings. The maximum absolute atomic E-state index is 13.0. The lowest BCUT2D eigenvalue weighted by atomic mass is 9.77. The number of ether oxygens (including phenoxy) is 3. The molecule has 112 valence electrons. The van der Waals surface area contributed by atoms with Crippen molar-refractivity contribution >= 4 is 12.6 Å². The van der Waals surface area contributed by atoms with Gasteiger partial charge in [0, 0.05) is 20.3 Å². The minimum Gasteiger partial charge on any atom is -0.423 e. The number of halogens is 1. The fourth-order valence-electron chi connectivity index (χ4n) is 1.63. The van der Waals surface area contributed by atoms with Crippen LogP contribution in [0.2, 0.25) is 0 Å². The van der Waals surface area contributed by atoms with Gasteiger partial charge in [-0.2, -0.15) is 0 Å². The third kappa shape index (κ3) is 6.45. The summed E-state index contributed by atoms with van der Waals surface area (Å²) in [5, 5.41) is 18.3. The average molecular weight is 286 g/mol. The molecule has 1 aromatic carbocycles. The van der Waals surface area contributed by atoms with E-state index in [1.165, 1.54) is 12.1 Å². The Kier molecular flexibility index (Phi) is 8.40. The summed E-state index contributed by atoms with van der Waals surface area (Å²) in [6.07, 6.45) is 0.724. The first-order valence-corrected chi connectivity index (χ1v) is 6.44. The van der Waals surface area contributed by atoms with Crippen LogP contribution in [0, 0.1) is 5.82 Å². The molecule has 0 spiro atoms. The van der Waals surface area contributed by atoms with E-state index in [1.807, 2.05) is 0 Å². The molecule has 0 aromatic heterocycles. The van der Waals surface area contributed by atoms with Crippen LogP contribution in [0.1, 0.15) is 12.0 Å². The molecule has 0 saturated heterocycles. The van der Waals surface area contributed by atoms with Gasteiger partial charge in [-0.15, -0.1) is 0 Å². The fraction of sp³-hybridized carbons (Fsp3) is 0.538. The van der Waals surface area contributed by atoms with Gasteiger partial charge >= 0.3 is 7.12 Å². The first-order chi connectivity index (χ1) is 9.65. The number of benzene rings is 1. The lowest BCUT2D eigenvalue weighted by Crippen LogP contribution is -2.33. The molecule has 0 atom stereocenters. The van der Waals surface area contributed by atoms with Crippen molar-refractivity contribution in [3.8, 4) is 0 Å². The molecule has 0 aliphatic carbocycles. The van der Waals surface area contributed by atoms with E-state index in [0.717, 1.165) is 12.5 Å². The first kappa shape index (κ1) is 17.1. The van der Waals surface area contributed by atoms with Crippen molar-refractivity contribution in [3.05, 3.63) is 29.6 Å². The van der Waals surface area contributed by atoms with Crippen LogP contribution < -0.4 is 5.46 Å². The van der Waals surface area contributed by atoms with Crippen molar-refractivity contribution in [3.63, 3.8) is 0 Å². The Bertz CT molecular complexity index is 389. The minimum absolute atomic E-state index is 0.126. The summed E-state index contributed by atoms with van der Waals surface area (Å²) in [6, 6.07) is 3.84. The van der Waals surface area contributed by atoms with E-state index in [-0.39, 0.29) is 12.1 Å². The maximum Gasteiger partial charge on any atom is 0.488 e. The van der Waals surface area contributed by atoms with Crippen molar-refractivity contribution < 1.29 is 28.6 Å². The van der Waals surface area contributed by atoms with Crippen LogP contribution in [-0.2, 0) is 20.8 Å². The fourth-order valence-corrected chi connectivity index (χ4v) is 1.63. The molecule has 0 heterocycles. The Morgan fingerprint density at radius 3 is 2.55 bits per heavy atom. The van der Waals surface area contributed by atoms with E-state index in [4.69, 9.17) is 24.3 Å². The molecule has 0 bridgehead atoms. The van der Waals surface area contributed by atoms with E-state index in [0.29, 0.717) is 32.0 Å². The second kappa shape index (κ2) is 9.85. The maximum atomic E-state index is 13.0. The first-order valence-electron chi connectivity index (χ1n) is 6.44. The van der Waals surface area contributed by atoms with Gasteiger partial charge in [0.25, 0.3) is 0 Å². The molecule has 0 radical (unpaired) electrons. The molecule has 20 heavy (non-hydrogen) atoms. The summed E-state index contributed by atoms with van der Waals surface area (Å²) in [5.41, 5.74) is 0.683. The number of hydrogen-bond donors (Lipinski definition) is 2. The van der Waals surface area contributed by atoms with Gasteiger partial charge in [0.05, 0.1) is 19.8 Å². The van der Waals surface area contributed by atoms with Gasteiger partial charge < -0.3 is 24.3 Å². The van der Waals surface area contributed by atoms with Gasteiger partial charge in [-0.25, -0.2) is 4.39 Å². The molecule has 0 fully saturated rings. The molecule has 0 unspecified atom stereocenters. The minimum atomic E-state index is -1.71. The number of methoxy groups -OCH3 is 1. The number of rotatable bonds is 10. The van der Waals surface area contributed by atoms with Crippen molar-refractivity contribution in [2.75, 3.05) is 33.5 Å². The highest BCUT2D eigenvalue weighted by molar-refractivity contribution is 6.59. The van der Waals surface area contributed by atoms with Crippen molar-refractivity contribution in [2.45, 2.75) is 13.0 Å². The molecule has 0 amide bonds. The van der Waals surface area contributed by atoms with E-state index in [9.17, 15) is 4.39 Å². The molecule has 1 rings (SSSR count). The molecule has 7 heteroatoms. The van der Waals surface area contributed by atoms with Gasteiger partial charge in [-0.1, -0.05) is 6.07 Å². The summed E-state index contributed by atoms with van der Waals surface area (Å²) in [6.45, 7) is 2.36. The zero-order chi connectivity index (χ0) is 14.8. The second-order valence-electron chi connectivity index (χ2n) is 4.23. The van der Waals surface area contributed by atoms with Gasteiger partial charge in [0.2, 0.25) is 0 Å². The van der Waals surface area contributed by atoms with Crippen LogP contribution in [0.4, 0.5) is 4.39 Å². The Morgan fingerprint density at radius 2 is 1.85 bits per heavy atom. The lowest BCUT2D eigenvalue weighted by molar-refractivity contribution is 0.0484. The van der Waals surface area contributed by atoms with Crippen LogP contribution in [0.5, 0.6) is 0 Å². The predicted molar refractivity (Wildman–Crippen MR) is 73.2 cm³/mol. The van der Waals surface area contributed by atoms with E-state index in [1.54, 1.807) is 7.11 Å². The Balaban J connectivity index is 2.25. The topological polar surface area (TPSA) is 68.2 Å². The van der Waals surface area contributed by atoms with E-state index < -0.39 is 12.9 Å². The van der Waals surface area contributed by atoms with Crippen molar-refractivity contribution in [2.24, 2.45) is 0 Å². The third-order valence-corrected chi connectivity index (χ3v) is 2.65. The van der Waals surface area contributed by atoms with Crippen LogP contribution in [-0.4, -0.2) is 50.7 Å². The quantitative estimate of drug-likeness (QED) is 0.471. The van der Waals surface area contributed by atoms with E-state index >= 15 is 0 Å². The molecule has 0 saturated carbocycles. The molecular formula is C13H20BFO5. The standard InChI is InChI=1S/C13H20BFO5/c1-18-7-8-19-5-2-6-20-10-11-3-4-12(15)9-13(11)14(16)17/h3-4,9,16-17H,2,5-8,10H2,1H3. The van der Waals surface area contributed by atoms with Crippen LogP contribution >= 0.6 is 0 Å². The van der Waals surface area contributed by atoms with Crippen LogP contribution in [0.3, 0.4) is 0 Å². The van der Waals surface area contributed by atoms with E-state index in [2.05, 4.69) is 0 Å². The Labute approximate surface area is 118 Å². The summed E-state index contributed by atoms with van der Waals surface area (Å²) in [7, 11) is -0.0934. The van der Waals surface area contributed by atoms with Gasteiger partial charge in [-0.3, -0.25) is 0 Å². The molecule has 0 aliphatic heterocycles. The zero-order valence-electron chi connectivity index (χ0n) is 11.5. The normalized spacial score (nSPS) is 10.8. The molecule has 0 aliphatic rings. The van der Waals surface area contributed by atoms with Gasteiger partial charge in [0.1, 0.15) is 5.82 Å². The zero-order valence-corrected chi connectivity index (χ0v) is 11.5. The monoisotopic (exact) mass is 286 g/mol. The second-order valence-corrected chi connectivity index (χ2v) is 4.23. The summed E-state index contributed by atoms with van der Waals surface area (Å²) in [5.74, 6) is -0.511. The van der Waals surface area contributed by atoms with Gasteiger partial charge in [-0.05, 0) is 29.6 Å². The highest BCUT2D eigenvalue weighted by Gasteiger charge is 2.16. The largest absolute Gasteiger partial charge is 0.488 e. The molecule has 5 nitrogen and oxygen atoms in total.